The molecule has 0 radical (unpaired) electrons. The summed E-state index contributed by atoms with van der Waals surface area (Å²) in [6.07, 6.45) is 0. The number of thioether (sulfide) groups is 2. The summed E-state index contributed by atoms with van der Waals surface area (Å²) in [6.45, 7) is 4.03. The van der Waals surface area contributed by atoms with Crippen LogP contribution in [0.15, 0.2) is 47.4 Å². The first-order chi connectivity index (χ1) is 13.9. The van der Waals surface area contributed by atoms with Gasteiger partial charge in [0.2, 0.25) is 0 Å². The fourth-order valence-electron chi connectivity index (χ4n) is 3.39. The number of nitrogens with one attached hydrogen (secondary N) is 1. The van der Waals surface area contributed by atoms with Crippen molar-refractivity contribution in [3.63, 3.8) is 0 Å². The van der Waals surface area contributed by atoms with Crippen LogP contribution in [-0.2, 0) is 11.5 Å². The predicted molar refractivity (Wildman–Crippen MR) is 114 cm³/mol. The highest BCUT2D eigenvalue weighted by Crippen LogP contribution is 2.37. The molecule has 4 nitrogen and oxygen atoms in total. The zero-order valence-corrected chi connectivity index (χ0v) is 17.5. The van der Waals surface area contributed by atoms with E-state index in [-0.39, 0.29) is 10.5 Å². The van der Waals surface area contributed by atoms with Crippen molar-refractivity contribution in [3.05, 3.63) is 70.4 Å². The van der Waals surface area contributed by atoms with Crippen molar-refractivity contribution in [2.24, 2.45) is 0 Å². The Hall–Kier alpha value is -2.32. The van der Waals surface area contributed by atoms with Gasteiger partial charge >= 0.3 is 0 Å². The van der Waals surface area contributed by atoms with Gasteiger partial charge in [-0.15, -0.1) is 0 Å². The Morgan fingerprint density at radius 1 is 1.21 bits per heavy atom. The summed E-state index contributed by atoms with van der Waals surface area (Å²) in [7, 11) is 0. The quantitative estimate of drug-likeness (QED) is 0.519. The van der Waals surface area contributed by atoms with Crippen LogP contribution in [0.2, 0.25) is 0 Å². The van der Waals surface area contributed by atoms with E-state index in [1.165, 1.54) is 6.07 Å². The van der Waals surface area contributed by atoms with E-state index in [1.807, 2.05) is 26.0 Å². The van der Waals surface area contributed by atoms with Gasteiger partial charge in [-0.2, -0.15) is 25.6 Å². The fourth-order valence-corrected chi connectivity index (χ4v) is 5.06. The van der Waals surface area contributed by atoms with Gasteiger partial charge in [0, 0.05) is 22.0 Å². The van der Waals surface area contributed by atoms with Crippen LogP contribution in [0.4, 0.5) is 14.6 Å². The van der Waals surface area contributed by atoms with Gasteiger partial charge in [-0.3, -0.25) is 4.79 Å². The molecule has 29 heavy (non-hydrogen) atoms. The first kappa shape index (κ1) is 20.0. The topological polar surface area (TPSA) is 46.9 Å². The smallest absolute Gasteiger partial charge is 0.288 e. The highest BCUT2D eigenvalue weighted by atomic mass is 32.2. The molecule has 8 heteroatoms. The molecule has 0 aliphatic carbocycles. The van der Waals surface area contributed by atoms with Crippen molar-refractivity contribution in [3.8, 4) is 5.69 Å². The van der Waals surface area contributed by atoms with Gasteiger partial charge in [0.05, 0.1) is 16.9 Å². The number of benzene rings is 2. The van der Waals surface area contributed by atoms with Crippen molar-refractivity contribution < 1.29 is 13.6 Å². The summed E-state index contributed by atoms with van der Waals surface area (Å²) < 4.78 is 27.6. The minimum absolute atomic E-state index is 0.227. The van der Waals surface area contributed by atoms with Crippen molar-refractivity contribution in [1.29, 1.82) is 0 Å². The molecule has 0 saturated carbocycles. The average Bonchev–Trinajstić information content (AvgIpc) is 3.24. The van der Waals surface area contributed by atoms with Crippen LogP contribution in [-0.4, -0.2) is 21.4 Å². The highest BCUT2D eigenvalue weighted by molar-refractivity contribution is 7.99. The van der Waals surface area contributed by atoms with Crippen molar-refractivity contribution >= 4 is 35.2 Å². The molecule has 3 aromatic rings. The summed E-state index contributed by atoms with van der Waals surface area (Å²) in [6, 6.07) is 12.5. The Labute approximate surface area is 176 Å². The Morgan fingerprint density at radius 2 is 2.00 bits per heavy atom. The van der Waals surface area contributed by atoms with E-state index in [4.69, 9.17) is 5.10 Å². The number of fused-ring (bicyclic) bond motifs is 1. The molecule has 2 aromatic carbocycles. The predicted octanol–water partition coefficient (Wildman–Crippen LogP) is 5.80. The van der Waals surface area contributed by atoms with E-state index < -0.39 is 11.7 Å². The van der Waals surface area contributed by atoms with Gasteiger partial charge in [-0.1, -0.05) is 41.6 Å². The van der Waals surface area contributed by atoms with Crippen LogP contribution in [0.3, 0.4) is 0 Å². The number of hydrogen-bond donors (Lipinski definition) is 1. The van der Waals surface area contributed by atoms with Crippen LogP contribution in [0.25, 0.3) is 5.69 Å². The normalized spacial score (nSPS) is 13.0. The first-order valence-corrected chi connectivity index (χ1v) is 11.1. The molecule has 0 fully saturated rings. The van der Waals surface area contributed by atoms with Crippen LogP contribution in [0, 0.1) is 13.8 Å². The van der Waals surface area contributed by atoms with E-state index in [2.05, 4.69) is 11.4 Å². The molecule has 1 aromatic heterocycles. The summed E-state index contributed by atoms with van der Waals surface area (Å²) in [5.41, 5.74) is 5.24. The molecule has 1 N–H and O–H groups in total. The minimum atomic E-state index is -2.59. The van der Waals surface area contributed by atoms with Crippen molar-refractivity contribution in [2.45, 2.75) is 36.0 Å². The number of aryl methyl sites for hydroxylation is 2. The molecule has 0 spiro atoms. The SMILES string of the molecule is Cc1ccc(-n2nc3c(c2NC(=O)c2ccccc2SC(F)F)CSC3)c(C)c1. The second kappa shape index (κ2) is 8.20. The van der Waals surface area contributed by atoms with E-state index in [1.54, 1.807) is 34.6 Å². The zero-order chi connectivity index (χ0) is 20.5. The van der Waals surface area contributed by atoms with Gasteiger partial charge in [0.15, 0.2) is 0 Å². The van der Waals surface area contributed by atoms with Crippen LogP contribution in [0.1, 0.15) is 32.7 Å². The number of anilines is 1. The number of alkyl halides is 2. The maximum atomic E-state index is 13.0. The number of halogens is 2. The van der Waals surface area contributed by atoms with Crippen LogP contribution in [0.5, 0.6) is 0 Å². The lowest BCUT2D eigenvalue weighted by Crippen LogP contribution is -2.17. The van der Waals surface area contributed by atoms with E-state index in [0.717, 1.165) is 39.6 Å². The van der Waals surface area contributed by atoms with Gasteiger partial charge in [-0.05, 0) is 37.6 Å². The van der Waals surface area contributed by atoms with Gasteiger partial charge < -0.3 is 5.32 Å². The van der Waals surface area contributed by atoms with Crippen LogP contribution >= 0.6 is 23.5 Å². The number of nitrogens with zero attached hydrogens (tertiary/aromatic N) is 2. The third-order valence-corrected chi connectivity index (χ3v) is 6.47. The highest BCUT2D eigenvalue weighted by Gasteiger charge is 2.26. The minimum Gasteiger partial charge on any atom is -0.306 e. The molecular formula is C21H19F2N3OS2. The first-order valence-electron chi connectivity index (χ1n) is 9.05. The summed E-state index contributed by atoms with van der Waals surface area (Å²) in [5, 5.41) is 7.68. The standard InChI is InChI=1S/C21H19F2N3OS2/c1-12-7-8-17(13(2)9-12)26-19(15-10-28-11-16(15)25-26)24-20(27)14-5-3-4-6-18(14)29-21(22)23/h3-9,21H,10-11H2,1-2H3,(H,24,27). The summed E-state index contributed by atoms with van der Waals surface area (Å²) in [4.78, 5) is 13.3. The van der Waals surface area contributed by atoms with Gasteiger partial charge in [-0.25, -0.2) is 4.68 Å². The largest absolute Gasteiger partial charge is 0.306 e. The maximum absolute atomic E-state index is 13.0. The zero-order valence-electron chi connectivity index (χ0n) is 15.9. The number of rotatable bonds is 5. The number of aromatic nitrogens is 2. The monoisotopic (exact) mass is 431 g/mol. The molecule has 1 aliphatic heterocycles. The lowest BCUT2D eigenvalue weighted by molar-refractivity contribution is 0.102. The number of hydrogen-bond acceptors (Lipinski definition) is 4. The Morgan fingerprint density at radius 3 is 2.76 bits per heavy atom. The van der Waals surface area contributed by atoms with Gasteiger partial charge in [0.1, 0.15) is 5.82 Å². The molecule has 0 unspecified atom stereocenters. The molecular weight excluding hydrogens is 412 g/mol. The second-order valence-electron chi connectivity index (χ2n) is 6.80. The van der Waals surface area contributed by atoms with Crippen molar-refractivity contribution in [1.82, 2.24) is 9.78 Å². The Bertz CT molecular complexity index is 1080. The van der Waals surface area contributed by atoms with Crippen molar-refractivity contribution in [2.75, 3.05) is 5.32 Å². The number of carbonyl (C=O) groups excluding carboxylic acids is 1. The third-order valence-electron chi connectivity index (χ3n) is 4.71. The molecule has 1 aliphatic rings. The molecule has 0 bridgehead atoms. The molecule has 0 atom stereocenters. The Kier molecular flexibility index (Phi) is 5.65. The second-order valence-corrected chi connectivity index (χ2v) is 8.81. The molecule has 4 rings (SSSR count). The van der Waals surface area contributed by atoms with Crippen LogP contribution < -0.4 is 5.32 Å². The molecule has 2 heterocycles. The number of carbonyl (C=O) groups is 1. The lowest BCUT2D eigenvalue weighted by Gasteiger charge is -2.14. The summed E-state index contributed by atoms with van der Waals surface area (Å²) in [5.74, 6) is -0.861. The molecule has 1 amide bonds. The summed E-state index contributed by atoms with van der Waals surface area (Å²) >= 11 is 2.11. The van der Waals surface area contributed by atoms with Gasteiger partial charge in [0.25, 0.3) is 11.7 Å². The molecule has 0 saturated heterocycles. The average molecular weight is 432 g/mol. The van der Waals surface area contributed by atoms with E-state index in [0.29, 0.717) is 17.6 Å². The number of amides is 1. The third kappa shape index (κ3) is 4.04. The van der Waals surface area contributed by atoms with E-state index >= 15 is 0 Å². The van der Waals surface area contributed by atoms with E-state index in [9.17, 15) is 13.6 Å². The fraction of sp³-hybridized carbons (Fsp3) is 0.238. The molecule has 150 valence electrons. The Balaban J connectivity index is 1.74. The maximum Gasteiger partial charge on any atom is 0.288 e. The lowest BCUT2D eigenvalue weighted by atomic mass is 10.1.